The maximum Gasteiger partial charge on any atom is 0.286 e. The van der Waals surface area contributed by atoms with Gasteiger partial charge in [-0.15, -0.1) is 0 Å². The second kappa shape index (κ2) is 3.70. The first-order chi connectivity index (χ1) is 6.19. The van der Waals surface area contributed by atoms with Gasteiger partial charge in [0.2, 0.25) is 5.82 Å². The van der Waals surface area contributed by atoms with Crippen molar-refractivity contribution in [2.24, 2.45) is 5.73 Å². The Balaban J connectivity index is 3.13. The van der Waals surface area contributed by atoms with Gasteiger partial charge in [-0.25, -0.2) is 4.98 Å². The molecule has 1 rings (SSSR count). The number of carbonyl (C=O) groups excluding carboxylic acids is 1. The molecule has 13 heavy (non-hydrogen) atoms. The van der Waals surface area contributed by atoms with Gasteiger partial charge >= 0.3 is 0 Å². The Morgan fingerprint density at radius 1 is 1.46 bits per heavy atom. The van der Waals surface area contributed by atoms with Crippen LogP contribution < -0.4 is 15.2 Å². The second-order valence-corrected chi connectivity index (χ2v) is 2.14. The van der Waals surface area contributed by atoms with Crippen LogP contribution in [0.1, 0.15) is 10.6 Å². The van der Waals surface area contributed by atoms with Crippen LogP contribution >= 0.6 is 0 Å². The highest BCUT2D eigenvalue weighted by Crippen LogP contribution is 2.21. The molecule has 0 aliphatic rings. The zero-order valence-corrected chi connectivity index (χ0v) is 7.27. The molecular formula is C7H9N3O3. The van der Waals surface area contributed by atoms with Gasteiger partial charge in [-0.2, -0.15) is 4.98 Å². The molecule has 2 N–H and O–H groups in total. The summed E-state index contributed by atoms with van der Waals surface area (Å²) in [5.74, 6) is -0.266. The minimum atomic E-state index is -0.707. The van der Waals surface area contributed by atoms with Gasteiger partial charge in [0.05, 0.1) is 20.4 Å². The van der Waals surface area contributed by atoms with E-state index >= 15 is 0 Å². The second-order valence-electron chi connectivity index (χ2n) is 2.14. The summed E-state index contributed by atoms with van der Waals surface area (Å²) in [5.41, 5.74) is 4.97. The van der Waals surface area contributed by atoms with Gasteiger partial charge in [0.1, 0.15) is 0 Å². The molecule has 1 heterocycles. The van der Waals surface area contributed by atoms with Crippen molar-refractivity contribution >= 4 is 5.91 Å². The molecule has 1 aromatic rings. The summed E-state index contributed by atoms with van der Waals surface area (Å²) in [4.78, 5) is 18.1. The van der Waals surface area contributed by atoms with Gasteiger partial charge in [0.15, 0.2) is 5.75 Å². The standard InChI is InChI=1S/C7H9N3O3/c1-12-4-3-9-6(5(8)11)10-7(4)13-2/h3H,1-2H3,(H2,8,11). The van der Waals surface area contributed by atoms with Gasteiger partial charge in [0, 0.05) is 0 Å². The number of primary amides is 1. The van der Waals surface area contributed by atoms with Gasteiger partial charge < -0.3 is 15.2 Å². The Bertz CT molecular complexity index is 327. The predicted octanol–water partition coefficient (Wildman–Crippen LogP) is -0.407. The average Bonchev–Trinajstić information content (AvgIpc) is 2.16. The number of nitrogens with zero attached hydrogens (tertiary/aromatic N) is 2. The molecule has 0 aliphatic heterocycles. The van der Waals surface area contributed by atoms with Gasteiger partial charge in [0.25, 0.3) is 11.8 Å². The lowest BCUT2D eigenvalue weighted by Gasteiger charge is -2.05. The summed E-state index contributed by atoms with van der Waals surface area (Å²) in [6, 6.07) is 0. The SMILES string of the molecule is COc1cnc(C(N)=O)nc1OC. The molecule has 0 aliphatic carbocycles. The largest absolute Gasteiger partial charge is 0.490 e. The van der Waals surface area contributed by atoms with Crippen molar-refractivity contribution in [3.63, 3.8) is 0 Å². The van der Waals surface area contributed by atoms with E-state index in [2.05, 4.69) is 9.97 Å². The maximum absolute atomic E-state index is 10.7. The molecule has 0 atom stereocenters. The van der Waals surface area contributed by atoms with Gasteiger partial charge in [-0.3, -0.25) is 4.79 Å². The van der Waals surface area contributed by atoms with E-state index in [-0.39, 0.29) is 11.7 Å². The minimum absolute atomic E-state index is 0.0994. The van der Waals surface area contributed by atoms with Crippen LogP contribution in [0.25, 0.3) is 0 Å². The molecule has 1 amide bonds. The first-order valence-electron chi connectivity index (χ1n) is 3.44. The number of hydrogen-bond acceptors (Lipinski definition) is 5. The predicted molar refractivity (Wildman–Crippen MR) is 43.7 cm³/mol. The van der Waals surface area contributed by atoms with Crippen molar-refractivity contribution in [2.75, 3.05) is 14.2 Å². The van der Waals surface area contributed by atoms with Crippen LogP contribution in [0, 0.1) is 0 Å². The van der Waals surface area contributed by atoms with Crippen LogP contribution in [-0.2, 0) is 0 Å². The Morgan fingerprint density at radius 2 is 2.15 bits per heavy atom. The summed E-state index contributed by atoms with van der Waals surface area (Å²) in [6.07, 6.45) is 1.33. The van der Waals surface area contributed by atoms with E-state index in [9.17, 15) is 4.79 Å². The number of amides is 1. The summed E-state index contributed by atoms with van der Waals surface area (Å²) in [6.45, 7) is 0. The quantitative estimate of drug-likeness (QED) is 0.688. The Hall–Kier alpha value is -1.85. The molecular weight excluding hydrogens is 174 g/mol. The van der Waals surface area contributed by atoms with E-state index in [4.69, 9.17) is 15.2 Å². The van der Waals surface area contributed by atoms with Crippen molar-refractivity contribution in [3.8, 4) is 11.6 Å². The Labute approximate surface area is 74.7 Å². The zero-order valence-electron chi connectivity index (χ0n) is 7.27. The third kappa shape index (κ3) is 1.84. The lowest BCUT2D eigenvalue weighted by molar-refractivity contribution is 0.0989. The fourth-order valence-corrected chi connectivity index (χ4v) is 0.760. The minimum Gasteiger partial charge on any atom is -0.490 e. The molecule has 6 nitrogen and oxygen atoms in total. The van der Waals surface area contributed by atoms with Crippen molar-refractivity contribution < 1.29 is 14.3 Å². The molecule has 1 aromatic heterocycles. The number of aromatic nitrogens is 2. The maximum atomic E-state index is 10.7. The molecule has 0 saturated carbocycles. The number of rotatable bonds is 3. The van der Waals surface area contributed by atoms with Gasteiger partial charge in [-0.05, 0) is 0 Å². The highest BCUT2D eigenvalue weighted by Gasteiger charge is 2.10. The van der Waals surface area contributed by atoms with E-state index in [1.54, 1.807) is 0 Å². The van der Waals surface area contributed by atoms with E-state index in [0.29, 0.717) is 5.75 Å². The topological polar surface area (TPSA) is 87.3 Å². The molecule has 0 fully saturated rings. The number of carbonyl (C=O) groups is 1. The normalized spacial score (nSPS) is 9.38. The monoisotopic (exact) mass is 183 g/mol. The fourth-order valence-electron chi connectivity index (χ4n) is 0.760. The van der Waals surface area contributed by atoms with E-state index < -0.39 is 5.91 Å². The van der Waals surface area contributed by atoms with Crippen LogP contribution in [0.5, 0.6) is 11.6 Å². The summed E-state index contributed by atoms with van der Waals surface area (Å²) < 4.78 is 9.71. The molecule has 70 valence electrons. The number of ether oxygens (including phenoxy) is 2. The van der Waals surface area contributed by atoms with Crippen LogP contribution in [0.2, 0.25) is 0 Å². The van der Waals surface area contributed by atoms with Crippen molar-refractivity contribution in [1.29, 1.82) is 0 Å². The van der Waals surface area contributed by atoms with Crippen LogP contribution in [0.4, 0.5) is 0 Å². The molecule has 0 spiro atoms. The summed E-state index contributed by atoms with van der Waals surface area (Å²) in [7, 11) is 2.86. The van der Waals surface area contributed by atoms with E-state index in [1.807, 2.05) is 0 Å². The number of nitrogens with two attached hydrogens (primary N) is 1. The highest BCUT2D eigenvalue weighted by atomic mass is 16.5. The van der Waals surface area contributed by atoms with Crippen molar-refractivity contribution in [2.45, 2.75) is 0 Å². The average molecular weight is 183 g/mol. The van der Waals surface area contributed by atoms with Crippen molar-refractivity contribution in [3.05, 3.63) is 12.0 Å². The van der Waals surface area contributed by atoms with Crippen molar-refractivity contribution in [1.82, 2.24) is 9.97 Å². The Kier molecular flexibility index (Phi) is 2.63. The lowest BCUT2D eigenvalue weighted by atomic mass is 10.5. The number of hydrogen-bond donors (Lipinski definition) is 1. The molecule has 0 saturated heterocycles. The fraction of sp³-hybridized carbons (Fsp3) is 0.286. The van der Waals surface area contributed by atoms with E-state index in [1.165, 1.54) is 20.4 Å². The Morgan fingerprint density at radius 3 is 2.62 bits per heavy atom. The third-order valence-corrected chi connectivity index (χ3v) is 1.36. The molecule has 6 heteroatoms. The van der Waals surface area contributed by atoms with Gasteiger partial charge in [-0.1, -0.05) is 0 Å². The molecule has 0 unspecified atom stereocenters. The highest BCUT2D eigenvalue weighted by molar-refractivity contribution is 5.88. The first kappa shape index (κ1) is 9.24. The van der Waals surface area contributed by atoms with E-state index in [0.717, 1.165) is 0 Å². The van der Waals surface area contributed by atoms with Crippen LogP contribution in [0.15, 0.2) is 6.20 Å². The zero-order chi connectivity index (χ0) is 9.84. The van der Waals surface area contributed by atoms with Crippen LogP contribution in [-0.4, -0.2) is 30.1 Å². The smallest absolute Gasteiger partial charge is 0.286 e. The molecule has 0 radical (unpaired) electrons. The third-order valence-electron chi connectivity index (χ3n) is 1.36. The number of methoxy groups -OCH3 is 2. The molecule has 0 aromatic carbocycles. The lowest BCUT2D eigenvalue weighted by Crippen LogP contribution is -2.15. The first-order valence-corrected chi connectivity index (χ1v) is 3.44. The summed E-state index contributed by atoms with van der Waals surface area (Å²) in [5, 5.41) is 0. The summed E-state index contributed by atoms with van der Waals surface area (Å²) >= 11 is 0. The molecule has 0 bridgehead atoms. The van der Waals surface area contributed by atoms with Crippen LogP contribution in [0.3, 0.4) is 0 Å².